The number of nitrogens with one attached hydrogen (secondary N) is 1. The van der Waals surface area contributed by atoms with Crippen molar-refractivity contribution in [3.8, 4) is 17.2 Å². The van der Waals surface area contributed by atoms with Gasteiger partial charge in [0, 0.05) is 24.9 Å². The van der Waals surface area contributed by atoms with Gasteiger partial charge in [-0.2, -0.15) is 0 Å². The Morgan fingerprint density at radius 1 is 1.07 bits per heavy atom. The summed E-state index contributed by atoms with van der Waals surface area (Å²) in [5, 5.41) is 2.82. The minimum absolute atomic E-state index is 0.0142. The number of ether oxygens (including phenoxy) is 3. The average molecular weight is 394 g/mol. The molecule has 2 aromatic rings. The van der Waals surface area contributed by atoms with Crippen LogP contribution in [0.15, 0.2) is 42.5 Å². The van der Waals surface area contributed by atoms with Gasteiger partial charge in [-0.1, -0.05) is 6.07 Å². The number of carbonyl (C=O) groups excluding carboxylic acids is 2. The Hall–Kier alpha value is -3.48. The lowest BCUT2D eigenvalue weighted by Gasteiger charge is -2.24. The molecule has 4 rings (SSSR count). The van der Waals surface area contributed by atoms with Crippen LogP contribution in [0, 0.1) is 5.41 Å². The smallest absolute Gasteiger partial charge is 0.248 e. The zero-order valence-corrected chi connectivity index (χ0v) is 16.5. The van der Waals surface area contributed by atoms with E-state index in [9.17, 15) is 9.59 Å². The third-order valence-electron chi connectivity index (χ3n) is 4.88. The lowest BCUT2D eigenvalue weighted by atomic mass is 9.93. The molecule has 29 heavy (non-hydrogen) atoms. The van der Waals surface area contributed by atoms with Gasteiger partial charge in [0.25, 0.3) is 0 Å². The van der Waals surface area contributed by atoms with Gasteiger partial charge in [-0.3, -0.25) is 9.59 Å². The van der Waals surface area contributed by atoms with Crippen LogP contribution >= 0.6 is 0 Å². The molecule has 0 spiro atoms. The van der Waals surface area contributed by atoms with E-state index in [2.05, 4.69) is 5.32 Å². The molecule has 2 aliphatic heterocycles. The molecule has 0 saturated carbocycles. The summed E-state index contributed by atoms with van der Waals surface area (Å²) in [7, 11) is 1.73. The predicted octanol–water partition coefficient (Wildman–Crippen LogP) is 3.45. The van der Waals surface area contributed by atoms with E-state index in [0.29, 0.717) is 28.6 Å². The molecule has 0 fully saturated rings. The Bertz CT molecular complexity index is 1010. The highest BCUT2D eigenvalue weighted by atomic mass is 16.7. The maximum absolute atomic E-state index is 12.5. The first-order valence-corrected chi connectivity index (χ1v) is 9.27. The zero-order valence-electron chi connectivity index (χ0n) is 16.5. The summed E-state index contributed by atoms with van der Waals surface area (Å²) in [5.74, 6) is 1.63. The standard InChI is InChI=1S/C22H22N2O5/c1-22(2)12-27-18-11-15(6-7-16(18)24(3)21(22)26)23-20(25)9-5-14-4-8-17-19(10-14)29-13-28-17/h4-11H,12-13H2,1-3H3,(H,23,25). The van der Waals surface area contributed by atoms with Gasteiger partial charge >= 0.3 is 0 Å². The second-order valence-corrected chi connectivity index (χ2v) is 7.65. The maximum atomic E-state index is 12.5. The summed E-state index contributed by atoms with van der Waals surface area (Å²) >= 11 is 0. The second-order valence-electron chi connectivity index (χ2n) is 7.65. The fraction of sp³-hybridized carbons (Fsp3) is 0.273. The monoisotopic (exact) mass is 394 g/mol. The summed E-state index contributed by atoms with van der Waals surface area (Å²) in [5.41, 5.74) is 1.47. The van der Waals surface area contributed by atoms with E-state index in [1.807, 2.05) is 32.0 Å². The Labute approximate surface area is 168 Å². The first-order chi connectivity index (χ1) is 13.8. The third-order valence-corrected chi connectivity index (χ3v) is 4.88. The highest BCUT2D eigenvalue weighted by molar-refractivity contribution is 6.03. The SMILES string of the molecule is CN1C(=O)C(C)(C)COc2cc(NC(=O)C=Cc3ccc4c(c3)OCO4)ccc21. The minimum Gasteiger partial charge on any atom is -0.490 e. The molecule has 0 aromatic heterocycles. The van der Waals surface area contributed by atoms with Crippen LogP contribution in [0.4, 0.5) is 11.4 Å². The quantitative estimate of drug-likeness (QED) is 0.807. The maximum Gasteiger partial charge on any atom is 0.248 e. The van der Waals surface area contributed by atoms with Crippen LogP contribution in [0.5, 0.6) is 17.2 Å². The molecule has 1 N–H and O–H groups in total. The molecule has 2 heterocycles. The van der Waals surface area contributed by atoms with Crippen molar-refractivity contribution in [2.75, 3.05) is 30.7 Å². The first kappa shape index (κ1) is 18.9. The molecule has 0 radical (unpaired) electrons. The van der Waals surface area contributed by atoms with E-state index in [4.69, 9.17) is 14.2 Å². The Morgan fingerprint density at radius 2 is 1.86 bits per heavy atom. The van der Waals surface area contributed by atoms with Gasteiger partial charge in [-0.15, -0.1) is 0 Å². The van der Waals surface area contributed by atoms with Crippen molar-refractivity contribution in [1.29, 1.82) is 0 Å². The molecule has 0 saturated heterocycles. The molecule has 0 atom stereocenters. The van der Waals surface area contributed by atoms with E-state index in [0.717, 1.165) is 5.56 Å². The molecule has 0 aliphatic carbocycles. The summed E-state index contributed by atoms with van der Waals surface area (Å²) in [6.45, 7) is 4.18. The van der Waals surface area contributed by atoms with Crippen molar-refractivity contribution in [2.24, 2.45) is 5.41 Å². The number of rotatable bonds is 3. The summed E-state index contributed by atoms with van der Waals surface area (Å²) in [6, 6.07) is 10.7. The Balaban J connectivity index is 1.47. The van der Waals surface area contributed by atoms with Gasteiger partial charge in [0.05, 0.1) is 11.1 Å². The van der Waals surface area contributed by atoms with E-state index >= 15 is 0 Å². The molecule has 7 heteroatoms. The van der Waals surface area contributed by atoms with Crippen LogP contribution in [0.2, 0.25) is 0 Å². The van der Waals surface area contributed by atoms with Gasteiger partial charge in [0.15, 0.2) is 11.5 Å². The van der Waals surface area contributed by atoms with Crippen molar-refractivity contribution in [3.05, 3.63) is 48.0 Å². The minimum atomic E-state index is -0.621. The number of amides is 2. The lowest BCUT2D eigenvalue weighted by Crippen LogP contribution is -2.39. The van der Waals surface area contributed by atoms with Crippen LogP contribution in [0.3, 0.4) is 0 Å². The molecule has 2 aliphatic rings. The molecule has 150 valence electrons. The predicted molar refractivity (Wildman–Crippen MR) is 109 cm³/mol. The zero-order chi connectivity index (χ0) is 20.6. The van der Waals surface area contributed by atoms with Crippen molar-refractivity contribution < 1.29 is 23.8 Å². The number of fused-ring (bicyclic) bond motifs is 2. The van der Waals surface area contributed by atoms with E-state index < -0.39 is 5.41 Å². The van der Waals surface area contributed by atoms with Crippen molar-refractivity contribution >= 4 is 29.3 Å². The number of hydrogen-bond donors (Lipinski definition) is 1. The van der Waals surface area contributed by atoms with E-state index in [1.54, 1.807) is 36.2 Å². The highest BCUT2D eigenvalue weighted by Crippen LogP contribution is 2.37. The van der Waals surface area contributed by atoms with Gasteiger partial charge in [0.2, 0.25) is 18.6 Å². The summed E-state index contributed by atoms with van der Waals surface area (Å²) in [4.78, 5) is 26.4. The number of carbonyl (C=O) groups is 2. The molecular weight excluding hydrogens is 372 g/mol. The van der Waals surface area contributed by atoms with Crippen LogP contribution < -0.4 is 24.4 Å². The Morgan fingerprint density at radius 3 is 2.69 bits per heavy atom. The number of benzene rings is 2. The molecule has 0 unspecified atom stereocenters. The van der Waals surface area contributed by atoms with Crippen LogP contribution in [-0.4, -0.2) is 32.3 Å². The number of nitrogens with zero attached hydrogens (tertiary/aromatic N) is 1. The summed E-state index contributed by atoms with van der Waals surface area (Å²) < 4.78 is 16.5. The molecule has 7 nitrogen and oxygen atoms in total. The van der Waals surface area contributed by atoms with Crippen LogP contribution in [0.25, 0.3) is 6.08 Å². The molecular formula is C22H22N2O5. The van der Waals surface area contributed by atoms with Gasteiger partial charge in [-0.05, 0) is 49.8 Å². The molecule has 2 aromatic carbocycles. The lowest BCUT2D eigenvalue weighted by molar-refractivity contribution is -0.127. The normalized spacial score (nSPS) is 16.9. The molecule has 2 amide bonds. The number of hydrogen-bond acceptors (Lipinski definition) is 5. The number of anilines is 2. The highest BCUT2D eigenvalue weighted by Gasteiger charge is 2.36. The largest absolute Gasteiger partial charge is 0.490 e. The second kappa shape index (κ2) is 7.16. The topological polar surface area (TPSA) is 77.1 Å². The van der Waals surface area contributed by atoms with Crippen LogP contribution in [0.1, 0.15) is 19.4 Å². The Kier molecular flexibility index (Phi) is 4.66. The van der Waals surface area contributed by atoms with E-state index in [-0.39, 0.29) is 25.2 Å². The van der Waals surface area contributed by atoms with Crippen LogP contribution in [-0.2, 0) is 9.59 Å². The fourth-order valence-electron chi connectivity index (χ4n) is 3.24. The fourth-order valence-corrected chi connectivity index (χ4v) is 3.24. The van der Waals surface area contributed by atoms with Crippen molar-refractivity contribution in [1.82, 2.24) is 0 Å². The average Bonchev–Trinajstić information content (AvgIpc) is 3.15. The van der Waals surface area contributed by atoms with Crippen molar-refractivity contribution in [2.45, 2.75) is 13.8 Å². The van der Waals surface area contributed by atoms with Gasteiger partial charge < -0.3 is 24.4 Å². The molecule has 0 bridgehead atoms. The van der Waals surface area contributed by atoms with Crippen molar-refractivity contribution in [3.63, 3.8) is 0 Å². The van der Waals surface area contributed by atoms with Gasteiger partial charge in [0.1, 0.15) is 12.4 Å². The van der Waals surface area contributed by atoms with Gasteiger partial charge in [-0.25, -0.2) is 0 Å². The third kappa shape index (κ3) is 3.76. The first-order valence-electron chi connectivity index (χ1n) is 9.27. The van der Waals surface area contributed by atoms with E-state index in [1.165, 1.54) is 6.08 Å². The summed E-state index contributed by atoms with van der Waals surface area (Å²) in [6.07, 6.45) is 3.15.